The molecule has 1 fully saturated rings. The number of primary sulfonamides is 1. The van der Waals surface area contributed by atoms with Crippen LogP contribution >= 0.6 is 0 Å². The Labute approximate surface area is 260 Å². The summed E-state index contributed by atoms with van der Waals surface area (Å²) in [6.45, 7) is 8.51. The van der Waals surface area contributed by atoms with Crippen molar-refractivity contribution in [2.45, 2.75) is 70.7 Å². The molecule has 6 rings (SSSR count). The monoisotopic (exact) mass is 621 g/mol. The molecule has 1 heterocycles. The number of aryl methyl sites for hydroxylation is 2. The second kappa shape index (κ2) is 16.2. The molecular weight excluding hydrogens is 580 g/mol. The number of aromatic nitrogens is 1. The first-order valence-electron chi connectivity index (χ1n) is 15.0. The van der Waals surface area contributed by atoms with E-state index < -0.39 is 15.8 Å². The predicted octanol–water partition coefficient (Wildman–Crippen LogP) is 7.57. The number of fused-ring (bicyclic) bond motifs is 1. The van der Waals surface area contributed by atoms with E-state index in [1.165, 1.54) is 29.7 Å². The average molecular weight is 622 g/mol. The summed E-state index contributed by atoms with van der Waals surface area (Å²) in [6.07, 6.45) is 7.78. The first-order valence-corrected chi connectivity index (χ1v) is 16.6. The van der Waals surface area contributed by atoms with E-state index in [1.54, 1.807) is 18.3 Å². The first kappa shape index (κ1) is 34.5. The van der Waals surface area contributed by atoms with Crippen molar-refractivity contribution in [1.29, 1.82) is 0 Å². The van der Waals surface area contributed by atoms with Gasteiger partial charge in [0.15, 0.2) is 0 Å². The minimum atomic E-state index is -3.69. The molecule has 3 aromatic carbocycles. The van der Waals surface area contributed by atoms with Gasteiger partial charge >= 0.3 is 0 Å². The van der Waals surface area contributed by atoms with Crippen molar-refractivity contribution in [3.8, 4) is 0 Å². The van der Waals surface area contributed by atoms with Crippen LogP contribution in [0.25, 0.3) is 0 Å². The maximum atomic E-state index is 13.5. The van der Waals surface area contributed by atoms with Gasteiger partial charge in [-0.05, 0) is 108 Å². The average Bonchev–Trinajstić information content (AvgIpc) is 3.70. The lowest BCUT2D eigenvalue weighted by Gasteiger charge is -2.24. The fourth-order valence-corrected chi connectivity index (χ4v) is 5.58. The number of nitrogens with two attached hydrogens (primary N) is 1. The Morgan fingerprint density at radius 3 is 2.09 bits per heavy atom. The lowest BCUT2D eigenvalue weighted by Crippen LogP contribution is -2.32. The van der Waals surface area contributed by atoms with Gasteiger partial charge < -0.3 is 4.90 Å². The SMILES string of the molecule is CC.CC.NS(=O)(=O)c1ccc(F)cc1.O=C(C1CC1c1ccc(F)cc1)N(Cc1cccnc1)c1ccc2c(c1)CCC2. The number of halogens is 2. The molecule has 0 aliphatic heterocycles. The Morgan fingerprint density at radius 1 is 0.886 bits per heavy atom. The highest BCUT2D eigenvalue weighted by Gasteiger charge is 2.46. The second-order valence-electron chi connectivity index (χ2n) is 10.1. The molecule has 0 spiro atoms. The summed E-state index contributed by atoms with van der Waals surface area (Å²) in [4.78, 5) is 19.5. The van der Waals surface area contributed by atoms with Gasteiger partial charge in [-0.15, -0.1) is 0 Å². The van der Waals surface area contributed by atoms with Gasteiger partial charge in [-0.25, -0.2) is 22.3 Å². The molecule has 1 amide bonds. The number of carbonyl (C=O) groups is 1. The third-order valence-corrected chi connectivity index (χ3v) is 8.20. The molecule has 4 aromatic rings. The van der Waals surface area contributed by atoms with E-state index in [0.29, 0.717) is 6.54 Å². The van der Waals surface area contributed by atoms with Crippen LogP contribution in [0.15, 0.2) is 96.2 Å². The summed E-state index contributed by atoms with van der Waals surface area (Å²) in [7, 11) is -3.69. The minimum Gasteiger partial charge on any atom is -0.308 e. The molecule has 9 heteroatoms. The molecule has 2 aliphatic rings. The van der Waals surface area contributed by atoms with Crippen LogP contribution in [0, 0.1) is 17.6 Å². The number of hydrogen-bond donors (Lipinski definition) is 1. The smallest absolute Gasteiger partial charge is 0.238 e. The number of benzene rings is 3. The lowest BCUT2D eigenvalue weighted by molar-refractivity contribution is -0.120. The maximum absolute atomic E-state index is 13.5. The Morgan fingerprint density at radius 2 is 1.50 bits per heavy atom. The number of amides is 1. The number of anilines is 1. The number of nitrogens with zero attached hydrogens (tertiary/aromatic N) is 2. The summed E-state index contributed by atoms with van der Waals surface area (Å²) < 4.78 is 46.7. The quantitative estimate of drug-likeness (QED) is 0.240. The molecule has 2 aliphatic carbocycles. The van der Waals surface area contributed by atoms with Crippen LogP contribution in [-0.2, 0) is 34.2 Å². The zero-order chi connectivity index (χ0) is 32.3. The van der Waals surface area contributed by atoms with E-state index in [4.69, 9.17) is 5.14 Å². The molecule has 1 saturated carbocycles. The van der Waals surface area contributed by atoms with Crippen molar-refractivity contribution in [3.05, 3.63) is 125 Å². The Bertz CT molecular complexity index is 1600. The van der Waals surface area contributed by atoms with Gasteiger partial charge in [-0.3, -0.25) is 9.78 Å². The van der Waals surface area contributed by atoms with Crippen LogP contribution in [0.4, 0.5) is 14.5 Å². The van der Waals surface area contributed by atoms with Crippen LogP contribution in [0.3, 0.4) is 0 Å². The maximum Gasteiger partial charge on any atom is 0.238 e. The van der Waals surface area contributed by atoms with Crippen molar-refractivity contribution in [1.82, 2.24) is 4.98 Å². The van der Waals surface area contributed by atoms with Gasteiger partial charge in [0.05, 0.1) is 11.4 Å². The molecule has 2 atom stereocenters. The molecule has 2 N–H and O–H groups in total. The summed E-state index contributed by atoms with van der Waals surface area (Å²) >= 11 is 0. The number of carbonyl (C=O) groups excluding carboxylic acids is 1. The van der Waals surface area contributed by atoms with Gasteiger partial charge in [0.25, 0.3) is 0 Å². The molecule has 0 bridgehead atoms. The summed E-state index contributed by atoms with van der Waals surface area (Å²) in [5.74, 6) is -0.466. The van der Waals surface area contributed by atoms with Crippen molar-refractivity contribution < 1.29 is 22.0 Å². The summed E-state index contributed by atoms with van der Waals surface area (Å²) in [5.41, 5.74) is 5.78. The van der Waals surface area contributed by atoms with Crippen molar-refractivity contribution in [2.24, 2.45) is 11.1 Å². The van der Waals surface area contributed by atoms with Gasteiger partial charge in [-0.2, -0.15) is 0 Å². The molecule has 44 heavy (non-hydrogen) atoms. The van der Waals surface area contributed by atoms with E-state index in [1.807, 2.05) is 50.9 Å². The molecule has 0 radical (unpaired) electrons. The fourth-order valence-electron chi connectivity index (χ4n) is 5.07. The number of pyridine rings is 1. The van der Waals surface area contributed by atoms with E-state index in [-0.39, 0.29) is 28.5 Å². The third-order valence-electron chi connectivity index (χ3n) is 7.27. The van der Waals surface area contributed by atoms with E-state index in [0.717, 1.165) is 60.3 Å². The molecule has 234 valence electrons. The fraction of sp³-hybridized carbons (Fsp3) is 0.314. The van der Waals surface area contributed by atoms with E-state index in [2.05, 4.69) is 23.2 Å². The van der Waals surface area contributed by atoms with Crippen molar-refractivity contribution >= 4 is 21.6 Å². The highest BCUT2D eigenvalue weighted by atomic mass is 32.2. The molecule has 0 saturated heterocycles. The Hall–Kier alpha value is -3.95. The van der Waals surface area contributed by atoms with Crippen LogP contribution in [0.2, 0.25) is 0 Å². The van der Waals surface area contributed by atoms with Crippen molar-refractivity contribution in [3.63, 3.8) is 0 Å². The van der Waals surface area contributed by atoms with Crippen LogP contribution in [0.5, 0.6) is 0 Å². The van der Waals surface area contributed by atoms with Crippen LogP contribution in [-0.4, -0.2) is 19.3 Å². The first-order chi connectivity index (χ1) is 21.2. The third kappa shape index (κ3) is 9.27. The van der Waals surface area contributed by atoms with E-state index in [9.17, 15) is 22.0 Å². The highest BCUT2D eigenvalue weighted by molar-refractivity contribution is 7.89. The predicted molar refractivity (Wildman–Crippen MR) is 172 cm³/mol. The summed E-state index contributed by atoms with van der Waals surface area (Å²) in [6, 6.07) is 21.2. The van der Waals surface area contributed by atoms with Gasteiger partial charge in [0.2, 0.25) is 15.9 Å². The standard InChI is InChI=1S/C25H23FN2O.C6H6FNO2S.2C2H6/c26-21-9-6-19(7-10-21)23-14-24(23)25(29)28(16-17-3-2-12-27-15-17)22-11-8-18-4-1-5-20(18)13-22;7-5-1-3-6(4-2-5)11(8,9)10;2*1-2/h2-3,6-13,15,23-24H,1,4-5,14,16H2;1-4H,(H2,8,9,10);2*1-2H3. The van der Waals surface area contributed by atoms with Gasteiger partial charge in [-0.1, -0.05) is 52.0 Å². The number of sulfonamides is 1. The molecule has 6 nitrogen and oxygen atoms in total. The normalized spacial score (nSPS) is 16.1. The van der Waals surface area contributed by atoms with Crippen molar-refractivity contribution in [2.75, 3.05) is 4.90 Å². The highest BCUT2D eigenvalue weighted by Crippen LogP contribution is 2.49. The van der Waals surface area contributed by atoms with Crippen LogP contribution in [0.1, 0.15) is 68.7 Å². The lowest BCUT2D eigenvalue weighted by atomic mass is 10.1. The molecule has 2 unspecified atom stereocenters. The van der Waals surface area contributed by atoms with Gasteiger partial charge in [0, 0.05) is 24.0 Å². The number of rotatable bonds is 6. The number of hydrogen-bond acceptors (Lipinski definition) is 4. The topological polar surface area (TPSA) is 93.4 Å². The molecular formula is C35H41F2N3O3S. The minimum absolute atomic E-state index is 0.0506. The van der Waals surface area contributed by atoms with E-state index >= 15 is 0 Å². The largest absolute Gasteiger partial charge is 0.308 e. The summed E-state index contributed by atoms with van der Waals surface area (Å²) in [5, 5.41) is 4.76. The van der Waals surface area contributed by atoms with Gasteiger partial charge in [0.1, 0.15) is 11.6 Å². The molecule has 1 aromatic heterocycles. The Kier molecular flexibility index (Phi) is 12.7. The van der Waals surface area contributed by atoms with Crippen LogP contribution < -0.4 is 10.0 Å². The second-order valence-corrected chi connectivity index (χ2v) is 11.7. The Balaban J connectivity index is 0.000000297. The zero-order valence-corrected chi connectivity index (χ0v) is 26.5. The zero-order valence-electron chi connectivity index (χ0n) is 25.7.